The third kappa shape index (κ3) is 3.00. The maximum atomic E-state index is 13.6. The molecular formula is C22H17N3O4S2. The Bertz CT molecular complexity index is 1440. The fourth-order valence-corrected chi connectivity index (χ4v) is 5.87. The van der Waals surface area contributed by atoms with Gasteiger partial charge in [-0.15, -0.1) is 11.3 Å². The molecule has 3 aromatic rings. The van der Waals surface area contributed by atoms with Crippen molar-refractivity contribution in [1.82, 2.24) is 4.57 Å². The van der Waals surface area contributed by atoms with Crippen LogP contribution in [-0.2, 0) is 14.3 Å². The summed E-state index contributed by atoms with van der Waals surface area (Å²) in [5, 5.41) is 4.71. The van der Waals surface area contributed by atoms with Gasteiger partial charge in [0, 0.05) is 16.1 Å². The van der Waals surface area contributed by atoms with E-state index in [0.29, 0.717) is 37.4 Å². The Morgan fingerprint density at radius 1 is 1.23 bits per heavy atom. The van der Waals surface area contributed by atoms with E-state index in [1.165, 1.54) is 15.9 Å². The van der Waals surface area contributed by atoms with E-state index in [1.807, 2.05) is 35.7 Å². The van der Waals surface area contributed by atoms with Gasteiger partial charge >= 0.3 is 5.97 Å². The van der Waals surface area contributed by atoms with Crippen LogP contribution in [0.3, 0.4) is 0 Å². The van der Waals surface area contributed by atoms with Crippen LogP contribution in [0.15, 0.2) is 62.8 Å². The van der Waals surface area contributed by atoms with Gasteiger partial charge in [-0.3, -0.25) is 14.2 Å². The normalized spacial score (nSPS) is 18.9. The smallest absolute Gasteiger partial charge is 0.338 e. The van der Waals surface area contributed by atoms with Gasteiger partial charge in [-0.05, 0) is 31.4 Å². The summed E-state index contributed by atoms with van der Waals surface area (Å²) in [6, 6.07) is 10.4. The molecule has 9 heteroatoms. The second-order valence-electron chi connectivity index (χ2n) is 7.01. The van der Waals surface area contributed by atoms with Crippen LogP contribution in [0.5, 0.6) is 0 Å². The Balaban J connectivity index is 1.82. The van der Waals surface area contributed by atoms with Gasteiger partial charge in [0.15, 0.2) is 4.80 Å². The quantitative estimate of drug-likeness (QED) is 0.618. The highest BCUT2D eigenvalue weighted by Crippen LogP contribution is 2.34. The average molecular weight is 452 g/mol. The zero-order valence-electron chi connectivity index (χ0n) is 16.7. The highest BCUT2D eigenvalue weighted by Gasteiger charge is 2.35. The second-order valence-corrected chi connectivity index (χ2v) is 8.97. The lowest BCUT2D eigenvalue weighted by molar-refractivity contribution is -0.139. The molecule has 2 aromatic heterocycles. The molecule has 5 rings (SSSR count). The minimum absolute atomic E-state index is 0.221. The molecule has 1 amide bonds. The number of nitrogens with one attached hydrogen (secondary N) is 1. The van der Waals surface area contributed by atoms with Crippen LogP contribution in [-0.4, -0.2) is 23.1 Å². The van der Waals surface area contributed by atoms with E-state index in [0.717, 1.165) is 16.2 Å². The summed E-state index contributed by atoms with van der Waals surface area (Å²) < 4.78 is 7.08. The fourth-order valence-electron chi connectivity index (χ4n) is 3.90. The number of aromatic nitrogens is 1. The Morgan fingerprint density at radius 3 is 2.77 bits per heavy atom. The van der Waals surface area contributed by atoms with E-state index in [-0.39, 0.29) is 18.1 Å². The van der Waals surface area contributed by atoms with E-state index in [4.69, 9.17) is 4.74 Å². The molecule has 0 saturated heterocycles. The monoisotopic (exact) mass is 451 g/mol. The Labute approximate surface area is 184 Å². The van der Waals surface area contributed by atoms with Crippen LogP contribution in [0.25, 0.3) is 5.57 Å². The number of thiophene rings is 1. The molecule has 1 N–H and O–H groups in total. The SMILES string of the molecule is CCOC(=O)C1=C(C)N=c2s/c(=C3/C(=O)Nc4ccccc43)c(=O)n2[C@@H]1c1cccs1. The summed E-state index contributed by atoms with van der Waals surface area (Å²) in [7, 11) is 0. The van der Waals surface area contributed by atoms with E-state index in [9.17, 15) is 14.4 Å². The first-order valence-corrected chi connectivity index (χ1v) is 11.4. The van der Waals surface area contributed by atoms with Crippen LogP contribution in [0.1, 0.15) is 30.3 Å². The Kier molecular flexibility index (Phi) is 4.71. The lowest BCUT2D eigenvalue weighted by Gasteiger charge is -2.23. The third-order valence-corrected chi connectivity index (χ3v) is 7.18. The highest BCUT2D eigenvalue weighted by atomic mass is 32.1. The number of ether oxygens (including phenoxy) is 1. The largest absolute Gasteiger partial charge is 0.463 e. The number of allylic oxidation sites excluding steroid dienone is 1. The molecule has 31 heavy (non-hydrogen) atoms. The number of para-hydroxylation sites is 1. The summed E-state index contributed by atoms with van der Waals surface area (Å²) in [5.41, 5.74) is 2.19. The van der Waals surface area contributed by atoms with Crippen LogP contribution < -0.4 is 20.2 Å². The highest BCUT2D eigenvalue weighted by molar-refractivity contribution is 7.10. The van der Waals surface area contributed by atoms with Gasteiger partial charge in [0.1, 0.15) is 10.6 Å². The average Bonchev–Trinajstić information content (AvgIpc) is 3.45. The van der Waals surface area contributed by atoms with Gasteiger partial charge < -0.3 is 10.1 Å². The molecule has 0 aliphatic carbocycles. The molecule has 0 spiro atoms. The van der Waals surface area contributed by atoms with Crippen molar-refractivity contribution in [2.45, 2.75) is 19.9 Å². The number of amides is 1. The third-order valence-electron chi connectivity index (χ3n) is 5.20. The first-order valence-electron chi connectivity index (χ1n) is 9.67. The summed E-state index contributed by atoms with van der Waals surface area (Å²) in [4.78, 5) is 45.0. The molecule has 0 saturated carbocycles. The molecule has 0 radical (unpaired) electrons. The molecule has 0 fully saturated rings. The van der Waals surface area contributed by atoms with Crippen molar-refractivity contribution in [1.29, 1.82) is 0 Å². The summed E-state index contributed by atoms with van der Waals surface area (Å²) >= 11 is 2.61. The number of fused-ring (bicyclic) bond motifs is 2. The molecular weight excluding hydrogens is 434 g/mol. The zero-order chi connectivity index (χ0) is 21.7. The molecule has 0 bridgehead atoms. The number of thiazole rings is 1. The minimum atomic E-state index is -0.649. The summed E-state index contributed by atoms with van der Waals surface area (Å²) in [6.07, 6.45) is 0. The van der Waals surface area contributed by atoms with Crippen LogP contribution >= 0.6 is 22.7 Å². The van der Waals surface area contributed by atoms with Crippen molar-refractivity contribution in [3.05, 3.63) is 83.2 Å². The first-order chi connectivity index (χ1) is 15.0. The fraction of sp³-hybridized carbons (Fsp3) is 0.182. The molecule has 1 aromatic carbocycles. The lowest BCUT2D eigenvalue weighted by atomic mass is 10.0. The zero-order valence-corrected chi connectivity index (χ0v) is 18.3. The number of rotatable bonds is 3. The lowest BCUT2D eigenvalue weighted by Crippen LogP contribution is -2.40. The van der Waals surface area contributed by atoms with Gasteiger partial charge in [-0.1, -0.05) is 35.6 Å². The standard InChI is InChI=1S/C22H17N3O4S2/c1-3-29-21(28)15-11(2)23-22-25(17(15)14-9-6-10-30-14)20(27)18(31-22)16-12-7-4-5-8-13(12)24-19(16)26/h4-10,17H,3H2,1-2H3,(H,24,26)/b18-16+/t17-/m1/s1. The molecule has 2 aliphatic rings. The number of anilines is 1. The Hall–Kier alpha value is -3.30. The number of hydrogen-bond donors (Lipinski definition) is 1. The van der Waals surface area contributed by atoms with Crippen molar-refractivity contribution in [3.8, 4) is 0 Å². The van der Waals surface area contributed by atoms with Crippen molar-refractivity contribution in [3.63, 3.8) is 0 Å². The van der Waals surface area contributed by atoms with Gasteiger partial charge in [0.25, 0.3) is 11.5 Å². The number of esters is 1. The van der Waals surface area contributed by atoms with Crippen LogP contribution in [0.2, 0.25) is 0 Å². The molecule has 0 unspecified atom stereocenters. The maximum absolute atomic E-state index is 13.6. The predicted molar refractivity (Wildman–Crippen MR) is 119 cm³/mol. The Morgan fingerprint density at radius 2 is 2.03 bits per heavy atom. The van der Waals surface area contributed by atoms with E-state index >= 15 is 0 Å². The summed E-state index contributed by atoms with van der Waals surface area (Å²) in [5.74, 6) is -0.815. The van der Waals surface area contributed by atoms with Crippen LogP contribution in [0.4, 0.5) is 5.69 Å². The second kappa shape index (κ2) is 7.44. The first kappa shape index (κ1) is 19.7. The number of benzene rings is 1. The van der Waals surface area contributed by atoms with E-state index in [1.54, 1.807) is 19.9 Å². The number of nitrogens with zero attached hydrogens (tertiary/aromatic N) is 2. The molecule has 156 valence electrons. The number of carbonyl (C=O) groups excluding carboxylic acids is 2. The van der Waals surface area contributed by atoms with Crippen LogP contribution in [0, 0.1) is 0 Å². The van der Waals surface area contributed by atoms with Crippen molar-refractivity contribution in [2.24, 2.45) is 4.99 Å². The molecule has 1 atom stereocenters. The van der Waals surface area contributed by atoms with E-state index in [2.05, 4.69) is 10.3 Å². The van der Waals surface area contributed by atoms with Crippen molar-refractivity contribution < 1.29 is 14.3 Å². The predicted octanol–water partition coefficient (Wildman–Crippen LogP) is 2.18. The van der Waals surface area contributed by atoms with Gasteiger partial charge in [-0.25, -0.2) is 9.79 Å². The maximum Gasteiger partial charge on any atom is 0.338 e. The molecule has 4 heterocycles. The number of hydrogen-bond acceptors (Lipinski definition) is 7. The van der Waals surface area contributed by atoms with Gasteiger partial charge in [-0.2, -0.15) is 0 Å². The van der Waals surface area contributed by atoms with Gasteiger partial charge in [0.05, 0.1) is 23.5 Å². The topological polar surface area (TPSA) is 89.8 Å². The van der Waals surface area contributed by atoms with Crippen molar-refractivity contribution in [2.75, 3.05) is 11.9 Å². The van der Waals surface area contributed by atoms with Gasteiger partial charge in [0.2, 0.25) is 0 Å². The minimum Gasteiger partial charge on any atom is -0.463 e. The van der Waals surface area contributed by atoms with E-state index < -0.39 is 12.0 Å². The molecule has 2 aliphatic heterocycles. The summed E-state index contributed by atoms with van der Waals surface area (Å²) in [6.45, 7) is 3.70. The molecule has 7 nitrogen and oxygen atoms in total. The number of carbonyl (C=O) groups is 2. The van der Waals surface area contributed by atoms with Crippen molar-refractivity contribution >= 4 is 45.8 Å².